The van der Waals surface area contributed by atoms with Crippen molar-refractivity contribution in [3.05, 3.63) is 58.7 Å². The van der Waals surface area contributed by atoms with Crippen molar-refractivity contribution in [2.75, 3.05) is 14.2 Å². The highest BCUT2D eigenvalue weighted by Gasteiger charge is 2.17. The molecule has 0 aliphatic carbocycles. The van der Waals surface area contributed by atoms with Crippen LogP contribution in [0.25, 0.3) is 11.0 Å². The summed E-state index contributed by atoms with van der Waals surface area (Å²) in [6, 6.07) is 12.8. The van der Waals surface area contributed by atoms with Gasteiger partial charge < -0.3 is 14.2 Å². The van der Waals surface area contributed by atoms with E-state index in [9.17, 15) is 4.79 Å². The number of carbonyl (C=O) groups is 1. The van der Waals surface area contributed by atoms with Gasteiger partial charge in [-0.15, -0.1) is 0 Å². The van der Waals surface area contributed by atoms with Crippen molar-refractivity contribution < 1.29 is 14.1 Å². The minimum atomic E-state index is -0.0592. The van der Waals surface area contributed by atoms with E-state index in [0.717, 1.165) is 10.9 Å². The van der Waals surface area contributed by atoms with Crippen LogP contribution in [-0.2, 0) is 17.8 Å². The van der Waals surface area contributed by atoms with Crippen molar-refractivity contribution in [2.45, 2.75) is 13.0 Å². The maximum absolute atomic E-state index is 12.5. The minimum Gasteiger partial charge on any atom is -0.496 e. The van der Waals surface area contributed by atoms with E-state index in [1.165, 1.54) is 0 Å². The van der Waals surface area contributed by atoms with E-state index < -0.39 is 0 Å². The number of hydrogen-bond donors (Lipinski definition) is 0. The number of ether oxygens (including phenoxy) is 1. The number of amides is 1. The molecule has 3 rings (SSSR count). The Hall–Kier alpha value is -2.53. The van der Waals surface area contributed by atoms with Gasteiger partial charge >= 0.3 is 0 Å². The first kappa shape index (κ1) is 16.3. The molecule has 0 aliphatic rings. The van der Waals surface area contributed by atoms with Gasteiger partial charge in [0.2, 0.25) is 5.91 Å². The number of aromatic nitrogens is 1. The summed E-state index contributed by atoms with van der Waals surface area (Å²) in [6.45, 7) is 0.401. The number of likely N-dealkylation sites (N-methyl/N-ethyl adjacent to an activating group) is 1. The molecule has 1 amide bonds. The summed E-state index contributed by atoms with van der Waals surface area (Å²) in [7, 11) is 3.33. The molecular weight excluding hydrogens is 328 g/mol. The van der Waals surface area contributed by atoms with Gasteiger partial charge in [0.25, 0.3) is 0 Å². The summed E-state index contributed by atoms with van der Waals surface area (Å²) >= 11 is 6.04. The van der Waals surface area contributed by atoms with Gasteiger partial charge in [0.15, 0.2) is 5.58 Å². The third-order valence-corrected chi connectivity index (χ3v) is 4.08. The van der Waals surface area contributed by atoms with Crippen LogP contribution in [0, 0.1) is 0 Å². The smallest absolute Gasteiger partial charge is 0.228 e. The molecule has 0 saturated heterocycles. The first-order valence-electron chi connectivity index (χ1n) is 7.48. The van der Waals surface area contributed by atoms with Gasteiger partial charge in [0, 0.05) is 29.6 Å². The largest absolute Gasteiger partial charge is 0.496 e. The number of nitrogens with zero attached hydrogens (tertiary/aromatic N) is 2. The minimum absolute atomic E-state index is 0.0592. The van der Waals surface area contributed by atoms with E-state index >= 15 is 0 Å². The van der Waals surface area contributed by atoms with Crippen molar-refractivity contribution in [1.29, 1.82) is 0 Å². The highest BCUT2D eigenvalue weighted by Crippen LogP contribution is 2.24. The van der Waals surface area contributed by atoms with Crippen LogP contribution in [0.4, 0.5) is 0 Å². The van der Waals surface area contributed by atoms with Gasteiger partial charge in [0.1, 0.15) is 11.4 Å². The average Bonchev–Trinajstić information content (AvgIpc) is 2.98. The second kappa shape index (κ2) is 6.93. The van der Waals surface area contributed by atoms with Crippen molar-refractivity contribution in [3.8, 4) is 5.75 Å². The van der Waals surface area contributed by atoms with Crippen LogP contribution in [0.1, 0.15) is 11.3 Å². The summed E-state index contributed by atoms with van der Waals surface area (Å²) < 4.78 is 10.6. The summed E-state index contributed by atoms with van der Waals surface area (Å²) in [5.74, 6) is 0.641. The molecule has 0 unspecified atom stereocenters. The predicted octanol–water partition coefficient (Wildman–Crippen LogP) is 3.69. The molecular formula is C18H17ClN2O3. The fraction of sp³-hybridized carbons (Fsp3) is 0.222. The molecule has 5 nitrogen and oxygen atoms in total. The molecule has 0 fully saturated rings. The lowest BCUT2D eigenvalue weighted by Gasteiger charge is -2.18. The first-order valence-corrected chi connectivity index (χ1v) is 7.86. The molecule has 0 saturated carbocycles. The Bertz CT molecular complexity index is 876. The third kappa shape index (κ3) is 3.36. The van der Waals surface area contributed by atoms with Gasteiger partial charge in [-0.3, -0.25) is 4.79 Å². The van der Waals surface area contributed by atoms with Crippen LogP contribution in [0.3, 0.4) is 0 Å². The normalized spacial score (nSPS) is 10.8. The van der Waals surface area contributed by atoms with Crippen LogP contribution >= 0.6 is 11.6 Å². The maximum Gasteiger partial charge on any atom is 0.228 e. The molecule has 0 radical (unpaired) electrons. The number of rotatable bonds is 5. The molecule has 6 heteroatoms. The Morgan fingerprint density at radius 3 is 2.88 bits per heavy atom. The summed E-state index contributed by atoms with van der Waals surface area (Å²) in [5.41, 5.74) is 2.17. The van der Waals surface area contributed by atoms with Crippen LogP contribution in [-0.4, -0.2) is 30.1 Å². The number of para-hydroxylation sites is 1. The Kier molecular flexibility index (Phi) is 4.71. The number of carbonyl (C=O) groups excluding carboxylic acids is 1. The Labute approximate surface area is 144 Å². The molecule has 0 aliphatic heterocycles. The van der Waals surface area contributed by atoms with Crippen molar-refractivity contribution in [3.63, 3.8) is 0 Å². The summed E-state index contributed by atoms with van der Waals surface area (Å²) in [6.07, 6.45) is 0.177. The van der Waals surface area contributed by atoms with Gasteiger partial charge in [0.05, 0.1) is 13.5 Å². The molecule has 124 valence electrons. The van der Waals surface area contributed by atoms with E-state index in [1.807, 2.05) is 24.3 Å². The molecule has 0 atom stereocenters. The van der Waals surface area contributed by atoms with Gasteiger partial charge in [-0.1, -0.05) is 28.9 Å². The number of benzene rings is 2. The molecule has 3 aromatic rings. The third-order valence-electron chi connectivity index (χ3n) is 3.85. The van der Waals surface area contributed by atoms with Crippen LogP contribution in [0.2, 0.25) is 5.02 Å². The van der Waals surface area contributed by atoms with Gasteiger partial charge in [-0.2, -0.15) is 0 Å². The van der Waals surface area contributed by atoms with Crippen molar-refractivity contribution >= 4 is 28.5 Å². The average molecular weight is 345 g/mol. The molecule has 24 heavy (non-hydrogen) atoms. The number of methoxy groups -OCH3 is 1. The molecule has 0 spiro atoms. The maximum atomic E-state index is 12.5. The zero-order valence-electron chi connectivity index (χ0n) is 13.5. The molecule has 1 heterocycles. The second-order valence-electron chi connectivity index (χ2n) is 5.51. The van der Waals surface area contributed by atoms with E-state index in [2.05, 4.69) is 5.16 Å². The fourth-order valence-electron chi connectivity index (χ4n) is 2.56. The zero-order valence-corrected chi connectivity index (χ0v) is 14.2. The summed E-state index contributed by atoms with van der Waals surface area (Å²) in [5, 5.41) is 5.47. The van der Waals surface area contributed by atoms with E-state index in [1.54, 1.807) is 37.3 Å². The predicted molar refractivity (Wildman–Crippen MR) is 92.2 cm³/mol. The van der Waals surface area contributed by atoms with Crippen LogP contribution < -0.4 is 4.74 Å². The van der Waals surface area contributed by atoms with Crippen LogP contribution in [0.15, 0.2) is 47.0 Å². The highest BCUT2D eigenvalue weighted by atomic mass is 35.5. The summed E-state index contributed by atoms with van der Waals surface area (Å²) in [4.78, 5) is 14.1. The molecule has 2 aromatic carbocycles. The van der Waals surface area contributed by atoms with E-state index in [0.29, 0.717) is 28.6 Å². The van der Waals surface area contributed by atoms with Crippen LogP contribution in [0.5, 0.6) is 5.75 Å². The molecule has 0 bridgehead atoms. The second-order valence-corrected chi connectivity index (χ2v) is 5.94. The van der Waals surface area contributed by atoms with Crippen molar-refractivity contribution in [2.24, 2.45) is 0 Å². The standard InChI is InChI=1S/C18H17ClN2O3/c1-21(11-12-9-13(19)7-8-16(12)23-2)18(22)10-15-14-5-3-4-6-17(14)24-20-15/h3-9H,10-11H2,1-2H3. The van der Waals surface area contributed by atoms with Gasteiger partial charge in [-0.05, 0) is 30.3 Å². The lowest BCUT2D eigenvalue weighted by atomic mass is 10.1. The van der Waals surface area contributed by atoms with Crippen molar-refractivity contribution in [1.82, 2.24) is 10.1 Å². The number of hydrogen-bond acceptors (Lipinski definition) is 4. The zero-order chi connectivity index (χ0) is 17.1. The lowest BCUT2D eigenvalue weighted by molar-refractivity contribution is -0.129. The van der Waals surface area contributed by atoms with E-state index in [4.69, 9.17) is 20.9 Å². The number of fused-ring (bicyclic) bond motifs is 1. The Morgan fingerprint density at radius 1 is 1.29 bits per heavy atom. The Morgan fingerprint density at radius 2 is 2.08 bits per heavy atom. The topological polar surface area (TPSA) is 55.6 Å². The molecule has 1 aromatic heterocycles. The molecule has 0 N–H and O–H groups in total. The highest BCUT2D eigenvalue weighted by molar-refractivity contribution is 6.30. The lowest BCUT2D eigenvalue weighted by Crippen LogP contribution is -2.28. The SMILES string of the molecule is COc1ccc(Cl)cc1CN(C)C(=O)Cc1noc2ccccc12. The number of halogens is 1. The quantitative estimate of drug-likeness (QED) is 0.708. The fourth-order valence-corrected chi connectivity index (χ4v) is 2.75. The first-order chi connectivity index (χ1) is 11.6. The van der Waals surface area contributed by atoms with E-state index in [-0.39, 0.29) is 12.3 Å². The van der Waals surface area contributed by atoms with Gasteiger partial charge in [-0.25, -0.2) is 0 Å². The Balaban J connectivity index is 1.74. The monoisotopic (exact) mass is 344 g/mol.